The Labute approximate surface area is 117 Å². The van der Waals surface area contributed by atoms with E-state index >= 15 is 0 Å². The lowest BCUT2D eigenvalue weighted by atomic mass is 10.1. The number of para-hydroxylation sites is 1. The van der Waals surface area contributed by atoms with E-state index < -0.39 is 0 Å². The third-order valence-electron chi connectivity index (χ3n) is 3.28. The third-order valence-corrected chi connectivity index (χ3v) is 3.28. The van der Waals surface area contributed by atoms with Crippen LogP contribution in [0.2, 0.25) is 0 Å². The van der Waals surface area contributed by atoms with Crippen LogP contribution in [-0.4, -0.2) is 6.79 Å². The first-order valence-corrected chi connectivity index (χ1v) is 6.43. The summed E-state index contributed by atoms with van der Waals surface area (Å²) in [6.07, 6.45) is 0. The molecule has 1 aliphatic heterocycles. The lowest BCUT2D eigenvalue weighted by Gasteiger charge is -2.17. The predicted molar refractivity (Wildman–Crippen MR) is 75.8 cm³/mol. The lowest BCUT2D eigenvalue weighted by molar-refractivity contribution is 0.174. The molecule has 2 aromatic rings. The van der Waals surface area contributed by atoms with E-state index in [1.165, 1.54) is 0 Å². The maximum absolute atomic E-state index is 8.95. The molecule has 0 radical (unpaired) electrons. The minimum atomic E-state index is 0.0685. The van der Waals surface area contributed by atoms with Crippen molar-refractivity contribution >= 4 is 5.69 Å². The van der Waals surface area contributed by atoms with Crippen molar-refractivity contribution in [1.82, 2.24) is 0 Å². The van der Waals surface area contributed by atoms with E-state index in [1.807, 2.05) is 43.3 Å². The van der Waals surface area contributed by atoms with Gasteiger partial charge >= 0.3 is 0 Å². The maximum atomic E-state index is 8.95. The highest BCUT2D eigenvalue weighted by Gasteiger charge is 2.18. The van der Waals surface area contributed by atoms with Gasteiger partial charge in [-0.25, -0.2) is 0 Å². The second kappa shape index (κ2) is 5.14. The van der Waals surface area contributed by atoms with Gasteiger partial charge in [-0.3, -0.25) is 0 Å². The van der Waals surface area contributed by atoms with E-state index in [0.29, 0.717) is 5.56 Å². The fourth-order valence-electron chi connectivity index (χ4n) is 2.24. The third kappa shape index (κ3) is 2.26. The highest BCUT2D eigenvalue weighted by atomic mass is 16.7. The van der Waals surface area contributed by atoms with Gasteiger partial charge in [-0.2, -0.15) is 5.26 Å². The monoisotopic (exact) mass is 266 g/mol. The normalized spacial score (nSPS) is 13.6. The van der Waals surface area contributed by atoms with Gasteiger partial charge in [0.15, 0.2) is 11.5 Å². The Balaban J connectivity index is 1.84. The number of anilines is 1. The average molecular weight is 266 g/mol. The first-order chi connectivity index (χ1) is 9.78. The van der Waals surface area contributed by atoms with Crippen LogP contribution in [0.3, 0.4) is 0 Å². The van der Waals surface area contributed by atoms with Gasteiger partial charge in [0.1, 0.15) is 0 Å². The largest absolute Gasteiger partial charge is 0.454 e. The fraction of sp³-hybridized carbons (Fsp3) is 0.188. The van der Waals surface area contributed by atoms with Crippen LogP contribution < -0.4 is 14.8 Å². The Morgan fingerprint density at radius 1 is 1.20 bits per heavy atom. The molecule has 0 saturated carbocycles. The number of hydrogen-bond acceptors (Lipinski definition) is 4. The predicted octanol–water partition coefficient (Wildman–Crippen LogP) is 3.46. The Bertz CT molecular complexity index is 676. The summed E-state index contributed by atoms with van der Waals surface area (Å²) in [6, 6.07) is 15.6. The molecule has 1 N–H and O–H groups in total. The molecule has 1 atom stereocenters. The molecule has 100 valence electrons. The fourth-order valence-corrected chi connectivity index (χ4v) is 2.24. The number of ether oxygens (including phenoxy) is 2. The van der Waals surface area contributed by atoms with Gasteiger partial charge in [-0.05, 0) is 36.8 Å². The zero-order chi connectivity index (χ0) is 13.9. The summed E-state index contributed by atoms with van der Waals surface area (Å²) in [4.78, 5) is 0. The van der Waals surface area contributed by atoms with Crippen LogP contribution in [0.15, 0.2) is 42.5 Å². The van der Waals surface area contributed by atoms with Crippen molar-refractivity contribution in [2.24, 2.45) is 0 Å². The molecule has 20 heavy (non-hydrogen) atoms. The van der Waals surface area contributed by atoms with Gasteiger partial charge < -0.3 is 14.8 Å². The number of fused-ring (bicyclic) bond motifs is 1. The Morgan fingerprint density at radius 3 is 2.90 bits per heavy atom. The van der Waals surface area contributed by atoms with Crippen LogP contribution in [-0.2, 0) is 0 Å². The van der Waals surface area contributed by atoms with Crippen LogP contribution in [0, 0.1) is 11.3 Å². The summed E-state index contributed by atoms with van der Waals surface area (Å²) >= 11 is 0. The SMILES string of the molecule is CC(Nc1cccc2c1OCO2)c1cccc(C#N)c1. The minimum absolute atomic E-state index is 0.0685. The highest BCUT2D eigenvalue weighted by Crippen LogP contribution is 2.40. The molecule has 0 saturated heterocycles. The van der Waals surface area contributed by atoms with Crippen molar-refractivity contribution in [1.29, 1.82) is 5.26 Å². The number of nitriles is 1. The Hall–Kier alpha value is -2.67. The zero-order valence-corrected chi connectivity index (χ0v) is 11.1. The number of nitrogens with zero attached hydrogens (tertiary/aromatic N) is 1. The van der Waals surface area contributed by atoms with Crippen molar-refractivity contribution in [2.75, 3.05) is 12.1 Å². The quantitative estimate of drug-likeness (QED) is 0.924. The van der Waals surface area contributed by atoms with Crippen LogP contribution >= 0.6 is 0 Å². The molecule has 0 fully saturated rings. The molecule has 4 nitrogen and oxygen atoms in total. The van der Waals surface area contributed by atoms with Crippen LogP contribution in [0.25, 0.3) is 0 Å². The van der Waals surface area contributed by atoms with Crippen molar-refractivity contribution < 1.29 is 9.47 Å². The number of rotatable bonds is 3. The second-order valence-electron chi connectivity index (χ2n) is 4.64. The molecule has 0 bridgehead atoms. The Kier molecular flexibility index (Phi) is 3.18. The summed E-state index contributed by atoms with van der Waals surface area (Å²) in [5.41, 5.74) is 2.62. The van der Waals surface area contributed by atoms with Crippen molar-refractivity contribution in [2.45, 2.75) is 13.0 Å². The van der Waals surface area contributed by atoms with Crippen molar-refractivity contribution in [3.05, 3.63) is 53.6 Å². The van der Waals surface area contributed by atoms with Crippen LogP contribution in [0.4, 0.5) is 5.69 Å². The first kappa shape index (κ1) is 12.4. The molecular formula is C16H14N2O2. The molecule has 0 aromatic heterocycles. The molecule has 1 aliphatic rings. The van der Waals surface area contributed by atoms with Gasteiger partial charge in [-0.1, -0.05) is 18.2 Å². The maximum Gasteiger partial charge on any atom is 0.231 e. The summed E-state index contributed by atoms with van der Waals surface area (Å²) in [5.74, 6) is 1.50. The van der Waals surface area contributed by atoms with Crippen LogP contribution in [0.5, 0.6) is 11.5 Å². The van der Waals surface area contributed by atoms with Crippen LogP contribution in [0.1, 0.15) is 24.1 Å². The van der Waals surface area contributed by atoms with E-state index in [1.54, 1.807) is 6.07 Å². The molecule has 4 heteroatoms. The smallest absolute Gasteiger partial charge is 0.231 e. The summed E-state index contributed by atoms with van der Waals surface area (Å²) in [7, 11) is 0. The van der Waals surface area contributed by atoms with Gasteiger partial charge in [0.05, 0.1) is 17.3 Å². The van der Waals surface area contributed by atoms with E-state index in [0.717, 1.165) is 22.7 Å². The van der Waals surface area contributed by atoms with E-state index in [-0.39, 0.29) is 12.8 Å². The first-order valence-electron chi connectivity index (χ1n) is 6.43. The van der Waals surface area contributed by atoms with Gasteiger partial charge in [0.2, 0.25) is 6.79 Å². The molecule has 0 amide bonds. The topological polar surface area (TPSA) is 54.3 Å². The molecule has 2 aromatic carbocycles. The van der Waals surface area contributed by atoms with E-state index in [9.17, 15) is 0 Å². The summed E-state index contributed by atoms with van der Waals surface area (Å²) in [6.45, 7) is 2.30. The molecule has 0 spiro atoms. The van der Waals surface area contributed by atoms with Gasteiger partial charge in [-0.15, -0.1) is 0 Å². The van der Waals surface area contributed by atoms with E-state index in [4.69, 9.17) is 14.7 Å². The standard InChI is InChI=1S/C16H14N2O2/c1-11(13-5-2-4-12(8-13)9-17)18-14-6-3-7-15-16(14)20-10-19-15/h2-8,11,18H,10H2,1H3. The lowest BCUT2D eigenvalue weighted by Crippen LogP contribution is -2.07. The summed E-state index contributed by atoms with van der Waals surface area (Å²) in [5, 5.41) is 12.3. The van der Waals surface area contributed by atoms with Gasteiger partial charge in [0, 0.05) is 6.04 Å². The Morgan fingerprint density at radius 2 is 2.05 bits per heavy atom. The van der Waals surface area contributed by atoms with Crippen molar-refractivity contribution in [3.8, 4) is 17.6 Å². The van der Waals surface area contributed by atoms with Crippen molar-refractivity contribution in [3.63, 3.8) is 0 Å². The number of nitrogens with one attached hydrogen (secondary N) is 1. The molecule has 0 aliphatic carbocycles. The summed E-state index contributed by atoms with van der Waals surface area (Å²) < 4.78 is 10.8. The van der Waals surface area contributed by atoms with Gasteiger partial charge in [0.25, 0.3) is 0 Å². The minimum Gasteiger partial charge on any atom is -0.454 e. The second-order valence-corrected chi connectivity index (χ2v) is 4.64. The molecule has 1 heterocycles. The zero-order valence-electron chi connectivity index (χ0n) is 11.1. The number of hydrogen-bond donors (Lipinski definition) is 1. The molecule has 1 unspecified atom stereocenters. The average Bonchev–Trinajstić information content (AvgIpc) is 2.97. The molecule has 3 rings (SSSR count). The van der Waals surface area contributed by atoms with E-state index in [2.05, 4.69) is 11.4 Å². The number of benzene rings is 2. The highest BCUT2D eigenvalue weighted by molar-refractivity contribution is 5.64. The molecular weight excluding hydrogens is 252 g/mol.